The number of nitriles is 3. The minimum atomic E-state index is -4.75. The quantitative estimate of drug-likeness (QED) is 0.0263. The molecule has 0 unspecified atom stereocenters. The van der Waals surface area contributed by atoms with Crippen LogP contribution in [0.1, 0.15) is 79.1 Å². The number of aryl methyl sites for hydroxylation is 3. The molecule has 1 aliphatic carbocycles. The predicted molar refractivity (Wildman–Crippen MR) is 433 cm³/mol. The molecule has 0 aliphatic heterocycles. The molecule has 1 aliphatic rings. The van der Waals surface area contributed by atoms with Gasteiger partial charge in [0, 0.05) is 82.1 Å². The zero-order chi connectivity index (χ0) is 87.5. The molecule has 1 saturated carbocycles. The van der Waals surface area contributed by atoms with E-state index in [2.05, 4.69) is 98.6 Å². The van der Waals surface area contributed by atoms with Gasteiger partial charge in [-0.1, -0.05) is 39.0 Å². The summed E-state index contributed by atoms with van der Waals surface area (Å²) in [5.74, 6) is -1.65. The number of benzene rings is 5. The van der Waals surface area contributed by atoms with E-state index in [0.29, 0.717) is 104 Å². The number of imidazole rings is 1. The Hall–Kier alpha value is -16.0. The van der Waals surface area contributed by atoms with Crippen LogP contribution in [0.2, 0.25) is 0 Å². The SMILES string of the molecule is CCc1nn2ccccc2c1-c1cc(C#N)cc(Nc2ccc(OC(F)(F)F)cc2)n1.CCc1nn2ccccc2c1-c1cc(C#N)cc(Nc2ccc(OC(F)F)c(F)c2)n1.CCc1nn2ccccc2c1-c1cc(C#N)cc(Nc2ccc(OC(F)F)cc2)n1.[O-][n+]1cc(Nc2ccc(OC(F)F)cc2)nc(-n2c(C3CC3)nc3cc(F)c(F)cc32)c1. The zero-order valence-electron chi connectivity index (χ0n) is 64.9. The lowest BCUT2D eigenvalue weighted by Crippen LogP contribution is -2.27. The second kappa shape index (κ2) is 37.1. The molecule has 0 radical (unpaired) electrons. The van der Waals surface area contributed by atoms with E-state index >= 15 is 0 Å². The molecule has 25 nitrogen and oxygen atoms in total. The molecule has 4 N–H and O–H groups in total. The molecule has 0 bridgehead atoms. The Kier molecular flexibility index (Phi) is 25.3. The van der Waals surface area contributed by atoms with Crippen LogP contribution in [0, 0.1) is 56.7 Å². The Morgan fingerprint density at radius 1 is 0.444 bits per heavy atom. The number of alkyl halides is 9. The van der Waals surface area contributed by atoms with Gasteiger partial charge in [0.05, 0.1) is 96.6 Å². The number of ether oxygens (including phenoxy) is 4. The first-order valence-corrected chi connectivity index (χ1v) is 37.7. The molecule has 0 amide bonds. The zero-order valence-corrected chi connectivity index (χ0v) is 64.9. The van der Waals surface area contributed by atoms with Gasteiger partial charge in [0.25, 0.3) is 0 Å². The van der Waals surface area contributed by atoms with Crippen LogP contribution < -0.4 is 44.9 Å². The average molecular weight is 1700 g/mol. The number of rotatable bonds is 23. The molecule has 0 saturated heterocycles. The lowest BCUT2D eigenvalue weighted by molar-refractivity contribution is -0.604. The Balaban J connectivity index is 0.000000135. The van der Waals surface area contributed by atoms with E-state index in [-0.39, 0.29) is 46.0 Å². The number of anilines is 8. The first-order chi connectivity index (χ1) is 59.8. The highest BCUT2D eigenvalue weighted by molar-refractivity contribution is 5.85. The monoisotopic (exact) mass is 1700 g/mol. The lowest BCUT2D eigenvalue weighted by atomic mass is 10.1. The van der Waals surface area contributed by atoms with Gasteiger partial charge in [-0.3, -0.25) is 4.57 Å². The molecule has 626 valence electrons. The van der Waals surface area contributed by atoms with Gasteiger partial charge in [0.15, 0.2) is 29.0 Å². The number of hydrogen-bond donors (Lipinski definition) is 4. The van der Waals surface area contributed by atoms with E-state index in [4.69, 9.17) is 0 Å². The van der Waals surface area contributed by atoms with Crippen molar-refractivity contribution in [1.29, 1.82) is 15.8 Å². The van der Waals surface area contributed by atoms with Gasteiger partial charge in [0.1, 0.15) is 40.5 Å². The largest absolute Gasteiger partial charge is 0.619 e. The molecular formula is C87H64F12N20O5. The van der Waals surface area contributed by atoms with Crippen molar-refractivity contribution in [2.45, 2.75) is 85.0 Å². The molecule has 0 atom stereocenters. The highest BCUT2D eigenvalue weighted by Gasteiger charge is 2.33. The topological polar surface area (TPSA) is 305 Å². The molecule has 17 rings (SSSR count). The van der Waals surface area contributed by atoms with Crippen LogP contribution in [0.3, 0.4) is 0 Å². The second-order valence-electron chi connectivity index (χ2n) is 27.0. The predicted octanol–water partition coefficient (Wildman–Crippen LogP) is 20.5. The van der Waals surface area contributed by atoms with Crippen LogP contribution in [0.15, 0.2) is 225 Å². The lowest BCUT2D eigenvalue weighted by Gasteiger charge is -2.11. The van der Waals surface area contributed by atoms with Crippen molar-refractivity contribution in [2.75, 3.05) is 21.3 Å². The molecule has 0 spiro atoms. The van der Waals surface area contributed by atoms with E-state index in [9.17, 15) is 73.7 Å². The summed E-state index contributed by atoms with van der Waals surface area (Å²) in [5.41, 5.74) is 13.0. The van der Waals surface area contributed by atoms with Crippen LogP contribution in [0.4, 0.5) is 98.7 Å². The van der Waals surface area contributed by atoms with E-state index < -0.39 is 49.4 Å². The number of pyridine rings is 6. The van der Waals surface area contributed by atoms with Crippen molar-refractivity contribution >= 4 is 73.6 Å². The van der Waals surface area contributed by atoms with Gasteiger partial charge < -0.3 is 45.4 Å². The summed E-state index contributed by atoms with van der Waals surface area (Å²) in [6.07, 6.45) is 6.98. The van der Waals surface area contributed by atoms with Gasteiger partial charge in [-0.05, 0) is 190 Å². The molecule has 16 aromatic rings. The van der Waals surface area contributed by atoms with Crippen molar-refractivity contribution < 1.29 is 76.4 Å². The summed E-state index contributed by atoms with van der Waals surface area (Å²) in [6, 6.07) is 55.9. The normalized spacial score (nSPS) is 11.7. The maximum atomic E-state index is 14.1. The summed E-state index contributed by atoms with van der Waals surface area (Å²) >= 11 is 0. The Morgan fingerprint density at radius 3 is 1.23 bits per heavy atom. The van der Waals surface area contributed by atoms with Crippen molar-refractivity contribution in [3.63, 3.8) is 0 Å². The molecule has 11 heterocycles. The smallest absolute Gasteiger partial charge is 0.573 e. The van der Waals surface area contributed by atoms with Crippen molar-refractivity contribution in [1.82, 2.24) is 58.3 Å². The number of fused-ring (bicyclic) bond motifs is 4. The van der Waals surface area contributed by atoms with E-state index in [1.165, 1.54) is 85.2 Å². The van der Waals surface area contributed by atoms with Crippen LogP contribution in [0.25, 0.3) is 67.2 Å². The maximum absolute atomic E-state index is 14.1. The standard InChI is InChI=1S/2C22H16F3N5O.C22H17F2N5O.C21H15F4N5O2/c1-2-17-21(19-5-3-4-10-30(19)29-17)18-11-14(13-26)12-20(28-18)27-15-6-8-16(9-7-15)31-22(23,24)25;1-2-16-21(18-5-3-4-8-30(18)29-16)17-9-13(12-26)10-20(28-17)27-14-6-7-19(15(23)11-14)31-22(24)25;1-2-17-21(19-5-3-4-10-29(19)28-17)18-11-14(13-25)12-20(27-18)26-15-6-8-16(9-7-15)30-22(23)24;22-14-7-16-17(8-15(14)23)30(20(27-16)11-1-2-11)19-10-29(31)9-18(28-19)26-12-3-5-13(6-4-12)32-21(24)25/h3-12H,2H2,1H3,(H,27,28);3-11,22H,2H2,1H3,(H,27,28);3-12,22H,2H2,1H3,(H,26,27);3-11,21H,1-2H2,(H,26,28). The van der Waals surface area contributed by atoms with Crippen molar-refractivity contribution in [2.24, 2.45) is 0 Å². The fraction of sp³-hybridized carbons (Fsp3) is 0.149. The minimum absolute atomic E-state index is 0.0145. The number of halogens is 12. The fourth-order valence-electron chi connectivity index (χ4n) is 13.2. The molecule has 37 heteroatoms. The fourth-order valence-corrected chi connectivity index (χ4v) is 13.2. The molecule has 1 fully saturated rings. The van der Waals surface area contributed by atoms with Crippen LogP contribution in [-0.4, -0.2) is 84.5 Å². The first-order valence-electron chi connectivity index (χ1n) is 37.7. The number of aromatic nitrogens is 13. The van der Waals surface area contributed by atoms with Crippen molar-refractivity contribution in [3.8, 4) is 80.8 Å². The molecule has 5 aromatic carbocycles. The average Bonchev–Trinajstić information content (AvgIpc) is 1.55. The van der Waals surface area contributed by atoms with Gasteiger partial charge in [0.2, 0.25) is 18.2 Å². The molecular weight excluding hydrogens is 1630 g/mol. The Bertz CT molecular complexity index is 6710. The highest BCUT2D eigenvalue weighted by atomic mass is 19.4. The third-order valence-electron chi connectivity index (χ3n) is 18.6. The van der Waals surface area contributed by atoms with Crippen molar-refractivity contribution in [3.05, 3.63) is 287 Å². The highest BCUT2D eigenvalue weighted by Crippen LogP contribution is 2.43. The number of hydrogen-bond acceptors (Lipinski definition) is 20. The van der Waals surface area contributed by atoms with Gasteiger partial charge >= 0.3 is 26.2 Å². The second-order valence-corrected chi connectivity index (χ2v) is 27.0. The minimum Gasteiger partial charge on any atom is -0.619 e. The molecule has 124 heavy (non-hydrogen) atoms. The van der Waals surface area contributed by atoms with Crippen LogP contribution in [-0.2, 0) is 19.3 Å². The summed E-state index contributed by atoms with van der Waals surface area (Å²) in [7, 11) is 0. The number of nitrogens with zero attached hydrogens (tertiary/aromatic N) is 16. The van der Waals surface area contributed by atoms with Crippen LogP contribution >= 0.6 is 0 Å². The molecule has 11 aromatic heterocycles. The first kappa shape index (κ1) is 84.5. The third kappa shape index (κ3) is 20.3. The van der Waals surface area contributed by atoms with Crippen LogP contribution in [0.5, 0.6) is 23.0 Å². The Labute approximate surface area is 695 Å². The van der Waals surface area contributed by atoms with Gasteiger partial charge in [-0.15, -0.1) is 13.2 Å². The van der Waals surface area contributed by atoms with E-state index in [0.717, 1.165) is 87.4 Å². The summed E-state index contributed by atoms with van der Waals surface area (Å²) in [5, 5.41) is 66.5. The third-order valence-corrected chi connectivity index (χ3v) is 18.6. The van der Waals surface area contributed by atoms with Gasteiger partial charge in [-0.2, -0.15) is 62.2 Å². The maximum Gasteiger partial charge on any atom is 0.573 e. The van der Waals surface area contributed by atoms with E-state index in [1.807, 2.05) is 94.0 Å². The van der Waals surface area contributed by atoms with E-state index in [1.54, 1.807) is 60.6 Å². The number of nitrogens with one attached hydrogen (secondary N) is 4. The Morgan fingerprint density at radius 2 is 0.839 bits per heavy atom. The summed E-state index contributed by atoms with van der Waals surface area (Å²) < 4.78 is 177. The summed E-state index contributed by atoms with van der Waals surface area (Å²) in [4.78, 5) is 22.8. The van der Waals surface area contributed by atoms with Gasteiger partial charge in [-0.25, -0.2) is 51.6 Å². The summed E-state index contributed by atoms with van der Waals surface area (Å²) in [6.45, 7) is -2.95.